The third-order valence-corrected chi connectivity index (χ3v) is 4.67. The van der Waals surface area contributed by atoms with Crippen molar-refractivity contribution in [3.05, 3.63) is 46.6 Å². The Morgan fingerprint density at radius 3 is 2.59 bits per heavy atom. The van der Waals surface area contributed by atoms with Crippen LogP contribution in [-0.4, -0.2) is 42.7 Å². The fraction of sp³-hybridized carbons (Fsp3) is 0.438. The van der Waals surface area contributed by atoms with E-state index < -0.39 is 17.4 Å². The van der Waals surface area contributed by atoms with E-state index in [4.69, 9.17) is 0 Å². The Hall–Kier alpha value is -2.98. The highest BCUT2D eigenvalue weighted by Crippen LogP contribution is 2.27. The highest BCUT2D eigenvalue weighted by atomic mass is 19.4. The Kier molecular flexibility index (Phi) is 4.28. The zero-order valence-corrected chi connectivity index (χ0v) is 14.2. The molecule has 8 nitrogen and oxygen atoms in total. The van der Waals surface area contributed by atoms with Crippen molar-refractivity contribution in [3.8, 4) is 0 Å². The van der Waals surface area contributed by atoms with Crippen molar-refractivity contribution in [3.63, 3.8) is 0 Å². The number of alkyl halides is 3. The van der Waals surface area contributed by atoms with Crippen LogP contribution in [0, 0.1) is 5.92 Å². The molecule has 3 aromatic rings. The summed E-state index contributed by atoms with van der Waals surface area (Å²) in [5, 5.41) is 15.6. The molecule has 1 fully saturated rings. The van der Waals surface area contributed by atoms with E-state index in [9.17, 15) is 18.0 Å². The maximum absolute atomic E-state index is 12.8. The fourth-order valence-electron chi connectivity index (χ4n) is 3.21. The minimum Gasteiger partial charge on any atom is -0.355 e. The largest absolute Gasteiger partial charge is 0.435 e. The van der Waals surface area contributed by atoms with Gasteiger partial charge in [-0.25, -0.2) is 4.68 Å². The summed E-state index contributed by atoms with van der Waals surface area (Å²) in [6, 6.07) is 5.33. The molecule has 0 spiro atoms. The van der Waals surface area contributed by atoms with Gasteiger partial charge in [-0.05, 0) is 37.0 Å². The predicted molar refractivity (Wildman–Crippen MR) is 89.2 cm³/mol. The van der Waals surface area contributed by atoms with Gasteiger partial charge >= 0.3 is 6.18 Å². The minimum absolute atomic E-state index is 0.0774. The lowest BCUT2D eigenvalue weighted by Crippen LogP contribution is -2.37. The third-order valence-electron chi connectivity index (χ3n) is 4.67. The quantitative estimate of drug-likeness (QED) is 0.688. The lowest BCUT2D eigenvalue weighted by Gasteiger charge is -2.32. The summed E-state index contributed by atoms with van der Waals surface area (Å²) < 4.78 is 40.9. The first-order valence-electron chi connectivity index (χ1n) is 8.47. The molecule has 1 aliphatic rings. The van der Waals surface area contributed by atoms with E-state index >= 15 is 0 Å². The average Bonchev–Trinajstić information content (AvgIpc) is 3.11. The second-order valence-corrected chi connectivity index (χ2v) is 6.49. The molecular weight excluding hydrogens is 363 g/mol. The normalized spacial score (nSPS) is 16.2. The van der Waals surface area contributed by atoms with Gasteiger partial charge in [-0.2, -0.15) is 22.8 Å². The van der Waals surface area contributed by atoms with E-state index in [1.807, 2.05) is 12.1 Å². The summed E-state index contributed by atoms with van der Waals surface area (Å²) in [4.78, 5) is 14.0. The van der Waals surface area contributed by atoms with Crippen LogP contribution in [0.4, 0.5) is 19.0 Å². The summed E-state index contributed by atoms with van der Waals surface area (Å²) in [5.41, 5.74) is -0.917. The lowest BCUT2D eigenvalue weighted by atomic mass is 9.97. The van der Waals surface area contributed by atoms with Crippen LogP contribution in [0.15, 0.2) is 35.4 Å². The molecule has 1 saturated heterocycles. The van der Waals surface area contributed by atoms with Crippen LogP contribution in [-0.2, 0) is 12.7 Å². The van der Waals surface area contributed by atoms with E-state index in [0.717, 1.165) is 29.4 Å². The molecule has 0 aliphatic carbocycles. The highest BCUT2D eigenvalue weighted by Gasteiger charge is 2.33. The van der Waals surface area contributed by atoms with Crippen molar-refractivity contribution >= 4 is 11.5 Å². The van der Waals surface area contributed by atoms with E-state index in [1.54, 1.807) is 4.52 Å². The van der Waals surface area contributed by atoms with Crippen molar-refractivity contribution < 1.29 is 13.2 Å². The molecular formula is C16H16F3N7O. The van der Waals surface area contributed by atoms with Crippen LogP contribution in [0.3, 0.4) is 0 Å². The number of anilines is 1. The van der Waals surface area contributed by atoms with Gasteiger partial charge in [-0.3, -0.25) is 4.79 Å². The molecule has 0 amide bonds. The zero-order valence-electron chi connectivity index (χ0n) is 14.2. The number of aromatic nitrogens is 6. The number of fused-ring (bicyclic) bond motifs is 1. The molecule has 1 aliphatic heterocycles. The molecule has 11 heteroatoms. The molecule has 4 rings (SSSR count). The molecule has 0 N–H and O–H groups in total. The monoisotopic (exact) mass is 379 g/mol. The Balaban J connectivity index is 1.43. The van der Waals surface area contributed by atoms with Crippen molar-refractivity contribution in [2.24, 2.45) is 5.92 Å². The highest BCUT2D eigenvalue weighted by molar-refractivity contribution is 5.45. The SMILES string of the molecule is O=c1ccc(C(F)(F)F)nn1CC1CCN(c2ccc3nncn3n2)CC1. The fourth-order valence-corrected chi connectivity index (χ4v) is 3.21. The topological polar surface area (TPSA) is 81.2 Å². The number of nitrogens with zero attached hydrogens (tertiary/aromatic N) is 7. The molecule has 0 aromatic carbocycles. The standard InChI is InChI=1S/C16H16F3N7O/c17-16(18,19)12-1-4-15(27)25(22-12)9-11-5-7-24(8-6-11)14-3-2-13-21-20-10-26(13)23-14/h1-4,10-11H,5-9H2. The summed E-state index contributed by atoms with van der Waals surface area (Å²) in [6.07, 6.45) is -1.58. The molecule has 3 aromatic heterocycles. The van der Waals surface area contributed by atoms with E-state index in [-0.39, 0.29) is 12.5 Å². The number of rotatable bonds is 3. The van der Waals surface area contributed by atoms with Gasteiger partial charge in [0.25, 0.3) is 5.56 Å². The second kappa shape index (κ2) is 6.63. The Labute approximate surface area is 151 Å². The van der Waals surface area contributed by atoms with Gasteiger partial charge in [0.2, 0.25) is 0 Å². The van der Waals surface area contributed by atoms with Crippen LogP contribution in [0.25, 0.3) is 5.65 Å². The van der Waals surface area contributed by atoms with Crippen molar-refractivity contribution in [2.75, 3.05) is 18.0 Å². The molecule has 27 heavy (non-hydrogen) atoms. The maximum atomic E-state index is 12.8. The van der Waals surface area contributed by atoms with Gasteiger partial charge in [0.1, 0.15) is 12.1 Å². The molecule has 0 radical (unpaired) electrons. The first-order chi connectivity index (χ1) is 12.9. The Morgan fingerprint density at radius 1 is 1.07 bits per heavy atom. The first-order valence-corrected chi connectivity index (χ1v) is 8.47. The molecule has 0 unspecified atom stereocenters. The molecule has 0 saturated carbocycles. The predicted octanol–water partition coefficient (Wildman–Crippen LogP) is 1.62. The molecule has 142 valence electrons. The first kappa shape index (κ1) is 17.4. The minimum atomic E-state index is -4.56. The Morgan fingerprint density at radius 2 is 1.85 bits per heavy atom. The van der Waals surface area contributed by atoms with Gasteiger partial charge in [-0.15, -0.1) is 15.3 Å². The van der Waals surface area contributed by atoms with Crippen molar-refractivity contribution in [1.82, 2.24) is 29.6 Å². The van der Waals surface area contributed by atoms with Gasteiger partial charge in [0.05, 0.1) is 0 Å². The van der Waals surface area contributed by atoms with Crippen molar-refractivity contribution in [2.45, 2.75) is 25.6 Å². The maximum Gasteiger partial charge on any atom is 0.435 e. The molecule has 4 heterocycles. The van der Waals surface area contributed by atoms with E-state index in [2.05, 4.69) is 25.3 Å². The molecule has 0 atom stereocenters. The molecule has 0 bridgehead atoms. The summed E-state index contributed by atoms with van der Waals surface area (Å²) in [6.45, 7) is 1.56. The van der Waals surface area contributed by atoms with E-state index in [1.165, 1.54) is 6.33 Å². The summed E-state index contributed by atoms with van der Waals surface area (Å²) >= 11 is 0. The van der Waals surface area contributed by atoms with Gasteiger partial charge in [-0.1, -0.05) is 0 Å². The third kappa shape index (κ3) is 3.62. The number of piperidine rings is 1. The lowest BCUT2D eigenvalue weighted by molar-refractivity contribution is -0.142. The van der Waals surface area contributed by atoms with Crippen molar-refractivity contribution in [1.29, 1.82) is 0 Å². The summed E-state index contributed by atoms with van der Waals surface area (Å²) in [7, 11) is 0. The average molecular weight is 379 g/mol. The number of hydrogen-bond donors (Lipinski definition) is 0. The zero-order chi connectivity index (χ0) is 19.0. The summed E-state index contributed by atoms with van der Waals surface area (Å²) in [5.74, 6) is 0.865. The number of halogens is 3. The van der Waals surface area contributed by atoms with Gasteiger partial charge in [0.15, 0.2) is 11.3 Å². The van der Waals surface area contributed by atoms with E-state index in [0.29, 0.717) is 24.8 Å². The van der Waals surface area contributed by atoms with Crippen LogP contribution < -0.4 is 10.5 Å². The number of hydrogen-bond acceptors (Lipinski definition) is 6. The smallest absolute Gasteiger partial charge is 0.355 e. The van der Waals surface area contributed by atoms with Crippen LogP contribution in [0.1, 0.15) is 18.5 Å². The Bertz CT molecular complexity index is 1000. The van der Waals surface area contributed by atoms with Crippen LogP contribution >= 0.6 is 0 Å². The van der Waals surface area contributed by atoms with Crippen LogP contribution in [0.5, 0.6) is 0 Å². The van der Waals surface area contributed by atoms with Gasteiger partial charge < -0.3 is 4.90 Å². The second-order valence-electron chi connectivity index (χ2n) is 6.49. The van der Waals surface area contributed by atoms with Crippen LogP contribution in [0.2, 0.25) is 0 Å². The van der Waals surface area contributed by atoms with Gasteiger partial charge in [0, 0.05) is 25.7 Å².